The van der Waals surface area contributed by atoms with E-state index in [2.05, 4.69) is 0 Å². The lowest BCUT2D eigenvalue weighted by atomic mass is 10.0. The first kappa shape index (κ1) is 10.7. The van der Waals surface area contributed by atoms with Gasteiger partial charge in [0.1, 0.15) is 5.75 Å². The predicted molar refractivity (Wildman–Crippen MR) is 55.6 cm³/mol. The van der Waals surface area contributed by atoms with Crippen LogP contribution in [0.2, 0.25) is 0 Å². The number of hydrogen-bond acceptors (Lipinski definition) is 3. The highest BCUT2D eigenvalue weighted by molar-refractivity contribution is 6.02. The molecule has 0 aliphatic rings. The second-order valence-electron chi connectivity index (χ2n) is 3.08. The standard InChI is InChI=1S/C11H15NO2/c1-3-9(12)11(13)8-6-4-5-7-10(8)14-2/h4-7,9H,3,12H2,1-2H3. The normalized spacial score (nSPS) is 12.2. The Morgan fingerprint density at radius 3 is 2.71 bits per heavy atom. The van der Waals surface area contributed by atoms with E-state index in [1.54, 1.807) is 25.3 Å². The lowest BCUT2D eigenvalue weighted by Crippen LogP contribution is -2.29. The minimum atomic E-state index is -0.439. The van der Waals surface area contributed by atoms with Gasteiger partial charge in [0.15, 0.2) is 5.78 Å². The highest BCUT2D eigenvalue weighted by Gasteiger charge is 2.16. The number of hydrogen-bond donors (Lipinski definition) is 1. The largest absolute Gasteiger partial charge is 0.496 e. The summed E-state index contributed by atoms with van der Waals surface area (Å²) < 4.78 is 5.08. The molecule has 0 aromatic heterocycles. The fourth-order valence-corrected chi connectivity index (χ4v) is 1.23. The van der Waals surface area contributed by atoms with Crippen molar-refractivity contribution in [2.24, 2.45) is 5.73 Å². The van der Waals surface area contributed by atoms with Crippen LogP contribution in [0.1, 0.15) is 23.7 Å². The molecule has 0 bridgehead atoms. The van der Waals surface area contributed by atoms with E-state index in [4.69, 9.17) is 10.5 Å². The van der Waals surface area contributed by atoms with Crippen molar-refractivity contribution in [3.8, 4) is 5.75 Å². The number of rotatable bonds is 4. The van der Waals surface area contributed by atoms with Crippen molar-refractivity contribution in [1.29, 1.82) is 0 Å². The maximum absolute atomic E-state index is 11.8. The number of carbonyl (C=O) groups is 1. The Bertz CT molecular complexity index is 323. The van der Waals surface area contributed by atoms with Gasteiger partial charge in [-0.2, -0.15) is 0 Å². The van der Waals surface area contributed by atoms with Crippen LogP contribution in [0.15, 0.2) is 24.3 Å². The van der Waals surface area contributed by atoms with Crippen LogP contribution < -0.4 is 10.5 Å². The Kier molecular flexibility index (Phi) is 3.65. The summed E-state index contributed by atoms with van der Waals surface area (Å²) in [5.41, 5.74) is 6.23. The van der Waals surface area contributed by atoms with Crippen LogP contribution in [0.4, 0.5) is 0 Å². The van der Waals surface area contributed by atoms with Gasteiger partial charge in [0.25, 0.3) is 0 Å². The SMILES string of the molecule is CCC(N)C(=O)c1ccccc1OC. The summed E-state index contributed by atoms with van der Waals surface area (Å²) in [5.74, 6) is 0.520. The number of carbonyl (C=O) groups excluding carboxylic acids is 1. The van der Waals surface area contributed by atoms with Crippen molar-refractivity contribution in [1.82, 2.24) is 0 Å². The van der Waals surface area contributed by atoms with E-state index in [-0.39, 0.29) is 5.78 Å². The molecule has 14 heavy (non-hydrogen) atoms. The lowest BCUT2D eigenvalue weighted by molar-refractivity contribution is 0.0956. The van der Waals surface area contributed by atoms with Gasteiger partial charge in [-0.05, 0) is 18.6 Å². The molecule has 0 aliphatic heterocycles. The summed E-state index contributed by atoms with van der Waals surface area (Å²) in [6.45, 7) is 1.89. The molecular formula is C11H15NO2. The van der Waals surface area contributed by atoms with Crippen molar-refractivity contribution in [2.45, 2.75) is 19.4 Å². The van der Waals surface area contributed by atoms with E-state index in [1.165, 1.54) is 0 Å². The molecule has 3 heteroatoms. The maximum atomic E-state index is 11.8. The summed E-state index contributed by atoms with van der Waals surface area (Å²) in [6.07, 6.45) is 0.636. The minimum absolute atomic E-state index is 0.0649. The molecule has 0 amide bonds. The van der Waals surface area contributed by atoms with Crippen molar-refractivity contribution in [2.75, 3.05) is 7.11 Å². The molecule has 0 saturated heterocycles. The zero-order valence-corrected chi connectivity index (χ0v) is 8.49. The quantitative estimate of drug-likeness (QED) is 0.739. The fourth-order valence-electron chi connectivity index (χ4n) is 1.23. The number of methoxy groups -OCH3 is 1. The first-order valence-corrected chi connectivity index (χ1v) is 4.63. The first-order valence-electron chi connectivity index (χ1n) is 4.63. The number of para-hydroxylation sites is 1. The molecule has 1 aromatic carbocycles. The van der Waals surface area contributed by atoms with Gasteiger partial charge in [-0.1, -0.05) is 19.1 Å². The third-order valence-electron chi connectivity index (χ3n) is 2.15. The minimum Gasteiger partial charge on any atom is -0.496 e. The smallest absolute Gasteiger partial charge is 0.183 e. The fraction of sp³-hybridized carbons (Fsp3) is 0.364. The van der Waals surface area contributed by atoms with Gasteiger partial charge in [0.05, 0.1) is 18.7 Å². The number of ketones is 1. The van der Waals surface area contributed by atoms with Gasteiger partial charge in [-0.15, -0.1) is 0 Å². The summed E-state index contributed by atoms with van der Waals surface area (Å²) in [4.78, 5) is 11.8. The van der Waals surface area contributed by atoms with Gasteiger partial charge in [-0.25, -0.2) is 0 Å². The molecule has 1 unspecified atom stereocenters. The van der Waals surface area contributed by atoms with Gasteiger partial charge < -0.3 is 10.5 Å². The molecule has 1 atom stereocenters. The topological polar surface area (TPSA) is 52.3 Å². The second-order valence-corrected chi connectivity index (χ2v) is 3.08. The highest BCUT2D eigenvalue weighted by Crippen LogP contribution is 2.19. The molecule has 0 saturated carbocycles. The van der Waals surface area contributed by atoms with Crippen molar-refractivity contribution < 1.29 is 9.53 Å². The van der Waals surface area contributed by atoms with E-state index in [0.29, 0.717) is 17.7 Å². The Morgan fingerprint density at radius 2 is 2.14 bits per heavy atom. The lowest BCUT2D eigenvalue weighted by Gasteiger charge is -2.10. The Morgan fingerprint density at radius 1 is 1.50 bits per heavy atom. The average molecular weight is 193 g/mol. The monoisotopic (exact) mass is 193 g/mol. The van der Waals surface area contributed by atoms with Crippen LogP contribution in [0.25, 0.3) is 0 Å². The average Bonchev–Trinajstić information content (AvgIpc) is 2.26. The zero-order valence-electron chi connectivity index (χ0n) is 8.49. The third-order valence-corrected chi connectivity index (χ3v) is 2.15. The molecule has 0 fully saturated rings. The maximum Gasteiger partial charge on any atom is 0.183 e. The van der Waals surface area contributed by atoms with Gasteiger partial charge >= 0.3 is 0 Å². The number of Topliss-reactive ketones (excluding diaryl/α,β-unsaturated/α-hetero) is 1. The van der Waals surface area contributed by atoms with Crippen LogP contribution in [0, 0.1) is 0 Å². The van der Waals surface area contributed by atoms with E-state index in [1.807, 2.05) is 13.0 Å². The summed E-state index contributed by atoms with van der Waals surface area (Å²) in [6, 6.07) is 6.68. The predicted octanol–water partition coefficient (Wildman–Crippen LogP) is 1.62. The van der Waals surface area contributed by atoms with E-state index in [0.717, 1.165) is 0 Å². The van der Waals surface area contributed by atoms with Crippen molar-refractivity contribution in [3.05, 3.63) is 29.8 Å². The zero-order chi connectivity index (χ0) is 10.6. The highest BCUT2D eigenvalue weighted by atomic mass is 16.5. The molecule has 0 heterocycles. The molecule has 0 radical (unpaired) electrons. The van der Waals surface area contributed by atoms with Crippen LogP contribution in [0.5, 0.6) is 5.75 Å². The van der Waals surface area contributed by atoms with Crippen molar-refractivity contribution >= 4 is 5.78 Å². The van der Waals surface area contributed by atoms with Gasteiger partial charge in [0.2, 0.25) is 0 Å². The molecule has 2 N–H and O–H groups in total. The molecular weight excluding hydrogens is 178 g/mol. The van der Waals surface area contributed by atoms with Gasteiger partial charge in [0, 0.05) is 0 Å². The molecule has 76 valence electrons. The Hall–Kier alpha value is -1.35. The first-order chi connectivity index (χ1) is 6.70. The second kappa shape index (κ2) is 4.77. The summed E-state index contributed by atoms with van der Waals surface area (Å²) >= 11 is 0. The molecule has 1 aromatic rings. The summed E-state index contributed by atoms with van der Waals surface area (Å²) in [7, 11) is 1.55. The number of ether oxygens (including phenoxy) is 1. The molecule has 0 aliphatic carbocycles. The molecule has 3 nitrogen and oxygen atoms in total. The van der Waals surface area contributed by atoms with Crippen LogP contribution in [0.3, 0.4) is 0 Å². The van der Waals surface area contributed by atoms with Crippen molar-refractivity contribution in [3.63, 3.8) is 0 Å². The number of benzene rings is 1. The van der Waals surface area contributed by atoms with Crippen LogP contribution in [-0.4, -0.2) is 18.9 Å². The molecule has 1 rings (SSSR count). The van der Waals surface area contributed by atoms with E-state index in [9.17, 15) is 4.79 Å². The Labute approximate surface area is 83.9 Å². The molecule has 0 spiro atoms. The van der Waals surface area contributed by atoms with Crippen LogP contribution >= 0.6 is 0 Å². The van der Waals surface area contributed by atoms with Crippen LogP contribution in [-0.2, 0) is 0 Å². The van der Waals surface area contributed by atoms with E-state index >= 15 is 0 Å². The van der Waals surface area contributed by atoms with E-state index < -0.39 is 6.04 Å². The number of nitrogens with two attached hydrogens (primary N) is 1. The van der Waals surface area contributed by atoms with Gasteiger partial charge in [-0.3, -0.25) is 4.79 Å². The Balaban J connectivity index is 3.00. The summed E-state index contributed by atoms with van der Waals surface area (Å²) in [5, 5.41) is 0. The third kappa shape index (κ3) is 2.12.